The Bertz CT molecular complexity index is 562. The molecule has 1 atom stereocenters. The molecule has 1 aromatic carbocycles. The highest BCUT2D eigenvalue weighted by Gasteiger charge is 2.14. The lowest BCUT2D eigenvalue weighted by molar-refractivity contribution is 0.0599. The van der Waals surface area contributed by atoms with Gasteiger partial charge in [0, 0.05) is 18.7 Å². The maximum absolute atomic E-state index is 9.65. The molecule has 7 nitrogen and oxygen atoms in total. The van der Waals surface area contributed by atoms with Crippen molar-refractivity contribution in [2.45, 2.75) is 12.5 Å². The van der Waals surface area contributed by atoms with Gasteiger partial charge >= 0.3 is 0 Å². The number of benzene rings is 1. The van der Waals surface area contributed by atoms with E-state index in [-0.39, 0.29) is 13.0 Å². The number of aliphatic hydroxyl groups excluding tert-OH is 1. The van der Waals surface area contributed by atoms with Crippen LogP contribution in [0.3, 0.4) is 0 Å². The molecule has 2 rings (SSSR count). The van der Waals surface area contributed by atoms with Crippen molar-refractivity contribution >= 4 is 0 Å². The van der Waals surface area contributed by atoms with E-state index in [1.54, 1.807) is 32.4 Å². The van der Waals surface area contributed by atoms with Gasteiger partial charge in [-0.2, -0.15) is 4.98 Å². The zero-order valence-corrected chi connectivity index (χ0v) is 12.2. The lowest BCUT2D eigenvalue weighted by Crippen LogP contribution is -2.17. The molecule has 7 heteroatoms. The predicted molar refractivity (Wildman–Crippen MR) is 74.4 cm³/mol. The summed E-state index contributed by atoms with van der Waals surface area (Å²) in [6.45, 7) is 0.213. The molecule has 1 N–H and O–H groups in total. The molecule has 0 saturated carbocycles. The quantitative estimate of drug-likeness (QED) is 0.823. The second kappa shape index (κ2) is 7.05. The summed E-state index contributed by atoms with van der Waals surface area (Å²) in [6.07, 6.45) is -0.440. The maximum Gasteiger partial charge on any atom is 0.229 e. The molecule has 1 heterocycles. The lowest BCUT2D eigenvalue weighted by Gasteiger charge is -2.06. The minimum atomic E-state index is -0.678. The molecular weight excluding hydrogens is 276 g/mol. The highest BCUT2D eigenvalue weighted by Crippen LogP contribution is 2.28. The summed E-state index contributed by atoms with van der Waals surface area (Å²) < 4.78 is 20.4. The largest absolute Gasteiger partial charge is 0.497 e. The van der Waals surface area contributed by atoms with Gasteiger partial charge in [-0.3, -0.25) is 0 Å². The Morgan fingerprint density at radius 2 is 1.81 bits per heavy atom. The second-order valence-corrected chi connectivity index (χ2v) is 4.43. The summed E-state index contributed by atoms with van der Waals surface area (Å²) >= 11 is 0. The Kier molecular flexibility index (Phi) is 5.13. The highest BCUT2D eigenvalue weighted by atomic mass is 16.5. The average molecular weight is 294 g/mol. The van der Waals surface area contributed by atoms with Gasteiger partial charge in [-0.25, -0.2) is 0 Å². The first kappa shape index (κ1) is 15.3. The molecule has 0 spiro atoms. The standard InChI is InChI=1S/C14H18N2O5/c1-18-8-10(17)6-13-15-14(16-21-13)9-4-11(19-2)7-12(5-9)20-3/h4-5,7,10,17H,6,8H2,1-3H3. The van der Waals surface area contributed by atoms with Crippen molar-refractivity contribution in [3.63, 3.8) is 0 Å². The third kappa shape index (κ3) is 3.93. The van der Waals surface area contributed by atoms with Gasteiger partial charge in [0.05, 0.1) is 33.4 Å². The van der Waals surface area contributed by atoms with Gasteiger partial charge in [-0.15, -0.1) is 0 Å². The molecule has 0 saturated heterocycles. The number of hydrogen-bond donors (Lipinski definition) is 1. The fraction of sp³-hybridized carbons (Fsp3) is 0.429. The maximum atomic E-state index is 9.65. The summed E-state index contributed by atoms with van der Waals surface area (Å²) in [5, 5.41) is 13.6. The minimum absolute atomic E-state index is 0.213. The second-order valence-electron chi connectivity index (χ2n) is 4.43. The van der Waals surface area contributed by atoms with Crippen LogP contribution in [0.2, 0.25) is 0 Å². The molecule has 21 heavy (non-hydrogen) atoms. The third-order valence-corrected chi connectivity index (χ3v) is 2.85. The van der Waals surface area contributed by atoms with Crippen molar-refractivity contribution in [3.05, 3.63) is 24.1 Å². The first-order valence-corrected chi connectivity index (χ1v) is 6.39. The number of hydrogen-bond acceptors (Lipinski definition) is 7. The zero-order chi connectivity index (χ0) is 15.2. The molecule has 114 valence electrons. The van der Waals surface area contributed by atoms with E-state index in [9.17, 15) is 5.11 Å². The number of nitrogens with zero attached hydrogens (tertiary/aromatic N) is 2. The molecule has 0 amide bonds. The average Bonchev–Trinajstić information content (AvgIpc) is 2.95. The zero-order valence-electron chi connectivity index (χ0n) is 12.2. The van der Waals surface area contributed by atoms with E-state index in [0.717, 1.165) is 0 Å². The van der Waals surface area contributed by atoms with Crippen LogP contribution in [-0.2, 0) is 11.2 Å². The molecule has 0 aliphatic carbocycles. The normalized spacial score (nSPS) is 12.2. The fourth-order valence-electron chi connectivity index (χ4n) is 1.84. The van der Waals surface area contributed by atoms with Crippen LogP contribution in [0, 0.1) is 0 Å². The van der Waals surface area contributed by atoms with E-state index in [0.29, 0.717) is 28.8 Å². The highest BCUT2D eigenvalue weighted by molar-refractivity contribution is 5.60. The number of methoxy groups -OCH3 is 3. The van der Waals surface area contributed by atoms with Crippen molar-refractivity contribution in [1.82, 2.24) is 10.1 Å². The van der Waals surface area contributed by atoms with Crippen LogP contribution in [0.1, 0.15) is 5.89 Å². The van der Waals surface area contributed by atoms with Crippen LogP contribution in [0.4, 0.5) is 0 Å². The summed E-state index contributed by atoms with van der Waals surface area (Å²) in [7, 11) is 4.66. The van der Waals surface area contributed by atoms with Gasteiger partial charge in [0.1, 0.15) is 11.5 Å². The molecular formula is C14H18N2O5. The molecule has 0 aliphatic rings. The predicted octanol–water partition coefficient (Wildman–Crippen LogP) is 1.30. The van der Waals surface area contributed by atoms with Crippen molar-refractivity contribution in [2.24, 2.45) is 0 Å². The molecule has 2 aromatic rings. The van der Waals surface area contributed by atoms with Crippen LogP contribution in [-0.4, -0.2) is 49.3 Å². The van der Waals surface area contributed by atoms with Gasteiger partial charge < -0.3 is 23.8 Å². The Labute approximate surface area is 122 Å². The number of rotatable bonds is 7. The SMILES string of the molecule is COCC(O)Cc1nc(-c2cc(OC)cc(OC)c2)no1. The van der Waals surface area contributed by atoms with Crippen molar-refractivity contribution < 1.29 is 23.8 Å². The molecule has 1 unspecified atom stereocenters. The summed E-state index contributed by atoms with van der Waals surface area (Å²) in [4.78, 5) is 4.25. The first-order chi connectivity index (χ1) is 10.2. The van der Waals surface area contributed by atoms with E-state index in [1.165, 1.54) is 7.11 Å². The Morgan fingerprint density at radius 3 is 2.38 bits per heavy atom. The first-order valence-electron chi connectivity index (χ1n) is 6.39. The van der Waals surface area contributed by atoms with E-state index >= 15 is 0 Å². The molecule has 1 aromatic heterocycles. The van der Waals surface area contributed by atoms with Crippen LogP contribution in [0.15, 0.2) is 22.7 Å². The van der Waals surface area contributed by atoms with Crippen LogP contribution < -0.4 is 9.47 Å². The van der Waals surface area contributed by atoms with E-state index < -0.39 is 6.10 Å². The Hall–Kier alpha value is -2.12. The topological polar surface area (TPSA) is 86.8 Å². The van der Waals surface area contributed by atoms with Crippen LogP contribution >= 0.6 is 0 Å². The van der Waals surface area contributed by atoms with Crippen LogP contribution in [0.25, 0.3) is 11.4 Å². The molecule has 0 bridgehead atoms. The van der Waals surface area contributed by atoms with E-state index in [4.69, 9.17) is 18.7 Å². The van der Waals surface area contributed by atoms with Crippen molar-refractivity contribution in [3.8, 4) is 22.9 Å². The Balaban J connectivity index is 2.20. The van der Waals surface area contributed by atoms with E-state index in [1.807, 2.05) is 0 Å². The molecule has 0 fully saturated rings. The van der Waals surface area contributed by atoms with Gasteiger partial charge in [-0.05, 0) is 12.1 Å². The third-order valence-electron chi connectivity index (χ3n) is 2.85. The van der Waals surface area contributed by atoms with Gasteiger partial charge in [-0.1, -0.05) is 5.16 Å². The molecule has 0 radical (unpaired) electrons. The summed E-state index contributed by atoms with van der Waals surface area (Å²) in [5.41, 5.74) is 0.711. The number of aliphatic hydroxyl groups is 1. The van der Waals surface area contributed by atoms with Crippen molar-refractivity contribution in [1.29, 1.82) is 0 Å². The van der Waals surface area contributed by atoms with Gasteiger partial charge in [0.25, 0.3) is 0 Å². The van der Waals surface area contributed by atoms with E-state index in [2.05, 4.69) is 10.1 Å². The van der Waals surface area contributed by atoms with Crippen LogP contribution in [0.5, 0.6) is 11.5 Å². The fourth-order valence-corrected chi connectivity index (χ4v) is 1.84. The molecule has 0 aliphatic heterocycles. The van der Waals surface area contributed by atoms with Gasteiger partial charge in [0.2, 0.25) is 11.7 Å². The number of aromatic nitrogens is 2. The van der Waals surface area contributed by atoms with Crippen molar-refractivity contribution in [2.75, 3.05) is 27.9 Å². The number of ether oxygens (including phenoxy) is 3. The smallest absolute Gasteiger partial charge is 0.229 e. The minimum Gasteiger partial charge on any atom is -0.497 e. The summed E-state index contributed by atoms with van der Waals surface area (Å²) in [5.74, 6) is 2.02. The summed E-state index contributed by atoms with van der Waals surface area (Å²) in [6, 6.07) is 5.32. The van der Waals surface area contributed by atoms with Gasteiger partial charge in [0.15, 0.2) is 0 Å². The monoisotopic (exact) mass is 294 g/mol. The Morgan fingerprint density at radius 1 is 1.14 bits per heavy atom. The lowest BCUT2D eigenvalue weighted by atomic mass is 10.2.